The van der Waals surface area contributed by atoms with Crippen LogP contribution in [0.1, 0.15) is 32.7 Å². The van der Waals surface area contributed by atoms with Gasteiger partial charge in [0, 0.05) is 49.7 Å². The predicted molar refractivity (Wildman–Crippen MR) is 91.8 cm³/mol. The lowest BCUT2D eigenvalue weighted by Gasteiger charge is -2.22. The maximum Gasteiger partial charge on any atom is 0.254 e. The molecule has 0 saturated carbocycles. The van der Waals surface area contributed by atoms with Crippen molar-refractivity contribution in [3.8, 4) is 6.07 Å². The van der Waals surface area contributed by atoms with Crippen molar-refractivity contribution in [2.24, 2.45) is 0 Å². The van der Waals surface area contributed by atoms with E-state index in [2.05, 4.69) is 4.98 Å². The highest BCUT2D eigenvalue weighted by molar-refractivity contribution is 5.95. The van der Waals surface area contributed by atoms with Crippen molar-refractivity contribution in [1.29, 1.82) is 5.26 Å². The molecule has 1 aliphatic heterocycles. The number of amides is 2. The molecule has 3 rings (SSSR count). The number of hydrogen-bond acceptors (Lipinski definition) is 4. The summed E-state index contributed by atoms with van der Waals surface area (Å²) >= 11 is 0. The van der Waals surface area contributed by atoms with E-state index in [-0.39, 0.29) is 11.8 Å². The van der Waals surface area contributed by atoms with Crippen molar-refractivity contribution < 1.29 is 9.59 Å². The molecule has 2 amide bonds. The zero-order chi connectivity index (χ0) is 17.6. The molecule has 2 aromatic rings. The maximum atomic E-state index is 12.7. The largest absolute Gasteiger partial charge is 0.337 e. The van der Waals surface area contributed by atoms with E-state index in [0.717, 1.165) is 6.42 Å². The van der Waals surface area contributed by atoms with Crippen LogP contribution in [0.2, 0.25) is 0 Å². The smallest absolute Gasteiger partial charge is 0.254 e. The highest BCUT2D eigenvalue weighted by atomic mass is 16.2. The zero-order valence-electron chi connectivity index (χ0n) is 13.8. The van der Waals surface area contributed by atoms with Crippen molar-refractivity contribution >= 4 is 11.8 Å². The molecule has 0 radical (unpaired) electrons. The van der Waals surface area contributed by atoms with Gasteiger partial charge in [-0.3, -0.25) is 14.6 Å². The maximum absolute atomic E-state index is 12.7. The molecule has 2 heterocycles. The first-order valence-corrected chi connectivity index (χ1v) is 8.18. The predicted octanol–water partition coefficient (Wildman–Crippen LogP) is 1.94. The Balaban J connectivity index is 1.68. The molecule has 6 nitrogen and oxygen atoms in total. The summed E-state index contributed by atoms with van der Waals surface area (Å²) in [5, 5.41) is 8.98. The van der Waals surface area contributed by atoms with Crippen LogP contribution < -0.4 is 0 Å². The third-order valence-corrected chi connectivity index (χ3v) is 4.24. The number of nitrogens with zero attached hydrogens (tertiary/aromatic N) is 4. The number of aromatic nitrogens is 1. The fraction of sp³-hybridized carbons (Fsp3) is 0.263. The Hall–Kier alpha value is -3.20. The average Bonchev–Trinajstić information content (AvgIpc) is 2.94. The van der Waals surface area contributed by atoms with Crippen molar-refractivity contribution in [1.82, 2.24) is 14.8 Å². The Morgan fingerprint density at radius 1 is 0.920 bits per heavy atom. The number of benzene rings is 1. The van der Waals surface area contributed by atoms with Gasteiger partial charge in [-0.25, -0.2) is 0 Å². The molecular formula is C19H18N4O2. The molecular weight excluding hydrogens is 316 g/mol. The van der Waals surface area contributed by atoms with Gasteiger partial charge in [0.2, 0.25) is 0 Å². The Labute approximate surface area is 146 Å². The van der Waals surface area contributed by atoms with Crippen molar-refractivity contribution in [3.63, 3.8) is 0 Å². The zero-order valence-corrected chi connectivity index (χ0v) is 13.8. The minimum atomic E-state index is -0.102. The Kier molecular flexibility index (Phi) is 5.05. The van der Waals surface area contributed by atoms with Gasteiger partial charge in [0.25, 0.3) is 11.8 Å². The lowest BCUT2D eigenvalue weighted by Crippen LogP contribution is -2.37. The van der Waals surface area contributed by atoms with Gasteiger partial charge < -0.3 is 9.80 Å². The van der Waals surface area contributed by atoms with E-state index in [1.807, 2.05) is 6.07 Å². The van der Waals surface area contributed by atoms with Gasteiger partial charge in [-0.1, -0.05) is 6.07 Å². The van der Waals surface area contributed by atoms with E-state index in [0.29, 0.717) is 42.9 Å². The monoisotopic (exact) mass is 334 g/mol. The molecule has 0 spiro atoms. The lowest BCUT2D eigenvalue weighted by molar-refractivity contribution is 0.0718. The first-order valence-electron chi connectivity index (χ1n) is 8.18. The molecule has 0 aliphatic carbocycles. The fourth-order valence-corrected chi connectivity index (χ4v) is 2.91. The van der Waals surface area contributed by atoms with Crippen LogP contribution in [0.3, 0.4) is 0 Å². The van der Waals surface area contributed by atoms with Gasteiger partial charge in [0.05, 0.1) is 11.6 Å². The summed E-state index contributed by atoms with van der Waals surface area (Å²) < 4.78 is 0. The van der Waals surface area contributed by atoms with E-state index in [4.69, 9.17) is 5.26 Å². The second-order valence-electron chi connectivity index (χ2n) is 5.87. The second-order valence-corrected chi connectivity index (χ2v) is 5.87. The summed E-state index contributed by atoms with van der Waals surface area (Å²) in [6.07, 6.45) is 3.92. The van der Waals surface area contributed by atoms with Gasteiger partial charge in [0.1, 0.15) is 0 Å². The summed E-state index contributed by atoms with van der Waals surface area (Å²) in [7, 11) is 0. The van der Waals surface area contributed by atoms with Crippen LogP contribution in [0.4, 0.5) is 0 Å². The number of pyridine rings is 1. The van der Waals surface area contributed by atoms with E-state index in [1.54, 1.807) is 58.6 Å². The van der Waals surface area contributed by atoms with Gasteiger partial charge in [0.15, 0.2) is 0 Å². The van der Waals surface area contributed by atoms with E-state index in [1.165, 1.54) is 0 Å². The minimum absolute atomic E-state index is 0.0387. The van der Waals surface area contributed by atoms with Crippen LogP contribution >= 0.6 is 0 Å². The van der Waals surface area contributed by atoms with E-state index >= 15 is 0 Å². The van der Waals surface area contributed by atoms with Crippen molar-refractivity contribution in [2.75, 3.05) is 26.2 Å². The molecule has 1 aromatic carbocycles. The molecule has 0 atom stereocenters. The first-order chi connectivity index (χ1) is 12.2. The molecule has 1 aromatic heterocycles. The van der Waals surface area contributed by atoms with Crippen LogP contribution in [-0.2, 0) is 0 Å². The third-order valence-electron chi connectivity index (χ3n) is 4.24. The topological polar surface area (TPSA) is 77.3 Å². The quantitative estimate of drug-likeness (QED) is 0.841. The van der Waals surface area contributed by atoms with Crippen LogP contribution in [0.25, 0.3) is 0 Å². The van der Waals surface area contributed by atoms with Crippen LogP contribution in [0, 0.1) is 11.3 Å². The summed E-state index contributed by atoms with van der Waals surface area (Å²) in [4.78, 5) is 32.7. The minimum Gasteiger partial charge on any atom is -0.337 e. The SMILES string of the molecule is N#Cc1cccc(C(=O)N2CCCN(C(=O)c3ccncc3)CC2)c1. The molecule has 1 fully saturated rings. The van der Waals surface area contributed by atoms with E-state index < -0.39 is 0 Å². The molecule has 0 unspecified atom stereocenters. The Bertz CT molecular complexity index is 814. The molecule has 1 saturated heterocycles. The average molecular weight is 334 g/mol. The Morgan fingerprint density at radius 2 is 1.56 bits per heavy atom. The number of hydrogen-bond donors (Lipinski definition) is 0. The second kappa shape index (κ2) is 7.58. The summed E-state index contributed by atoms with van der Waals surface area (Å²) in [5.74, 6) is -0.140. The van der Waals surface area contributed by atoms with Crippen LogP contribution in [0.5, 0.6) is 0 Å². The first kappa shape index (κ1) is 16.7. The molecule has 1 aliphatic rings. The molecule has 25 heavy (non-hydrogen) atoms. The summed E-state index contributed by atoms with van der Waals surface area (Å²) in [6, 6.07) is 12.2. The Morgan fingerprint density at radius 3 is 2.20 bits per heavy atom. The third kappa shape index (κ3) is 3.83. The van der Waals surface area contributed by atoms with Crippen molar-refractivity contribution in [2.45, 2.75) is 6.42 Å². The molecule has 0 bridgehead atoms. The molecule has 126 valence electrons. The van der Waals surface area contributed by atoms with Gasteiger partial charge in [-0.15, -0.1) is 0 Å². The summed E-state index contributed by atoms with van der Waals surface area (Å²) in [5.41, 5.74) is 1.58. The standard InChI is InChI=1S/C19H18N4O2/c20-14-15-3-1-4-17(13-15)19(25)23-10-2-9-22(11-12-23)18(24)16-5-7-21-8-6-16/h1,3-8,13H,2,9-12H2. The number of carbonyl (C=O) groups is 2. The number of carbonyl (C=O) groups excluding carboxylic acids is 2. The summed E-state index contributed by atoms with van der Waals surface area (Å²) in [6.45, 7) is 2.18. The highest BCUT2D eigenvalue weighted by Crippen LogP contribution is 2.13. The van der Waals surface area contributed by atoms with Crippen molar-refractivity contribution in [3.05, 3.63) is 65.5 Å². The number of nitriles is 1. The highest BCUT2D eigenvalue weighted by Gasteiger charge is 2.23. The van der Waals surface area contributed by atoms with Crippen LogP contribution in [0.15, 0.2) is 48.8 Å². The fourth-order valence-electron chi connectivity index (χ4n) is 2.91. The van der Waals surface area contributed by atoms with E-state index in [9.17, 15) is 9.59 Å². The molecule has 6 heteroatoms. The van der Waals surface area contributed by atoms with Gasteiger partial charge >= 0.3 is 0 Å². The van der Waals surface area contributed by atoms with Crippen LogP contribution in [-0.4, -0.2) is 52.8 Å². The normalized spacial score (nSPS) is 14.5. The van der Waals surface area contributed by atoms with Gasteiger partial charge in [-0.05, 0) is 36.8 Å². The lowest BCUT2D eigenvalue weighted by atomic mass is 10.1. The molecule has 0 N–H and O–H groups in total. The van der Waals surface area contributed by atoms with Gasteiger partial charge in [-0.2, -0.15) is 5.26 Å². The number of rotatable bonds is 2.